The summed E-state index contributed by atoms with van der Waals surface area (Å²) in [5, 5.41) is 11.9. The largest absolute Gasteiger partial charge is 0.392 e. The number of nitrogens with zero attached hydrogens (tertiary/aromatic N) is 1. The van der Waals surface area contributed by atoms with Crippen LogP contribution in [0.15, 0.2) is 24.3 Å². The molecule has 2 aliphatic heterocycles. The molecule has 0 bridgehead atoms. The number of carbonyl (C=O) groups excluding carboxylic acids is 2. The maximum atomic E-state index is 12.6. The van der Waals surface area contributed by atoms with E-state index in [1.165, 1.54) is 4.90 Å². The van der Waals surface area contributed by atoms with E-state index in [1.807, 2.05) is 12.1 Å². The van der Waals surface area contributed by atoms with Gasteiger partial charge in [0.25, 0.3) is 5.91 Å². The molecule has 2 aliphatic rings. The van der Waals surface area contributed by atoms with Crippen LogP contribution in [0.3, 0.4) is 0 Å². The number of aliphatic hydroxyl groups is 1. The van der Waals surface area contributed by atoms with Crippen molar-refractivity contribution in [2.45, 2.75) is 31.5 Å². The highest BCUT2D eigenvalue weighted by Gasteiger charge is 2.51. The average molecular weight is 290 g/mol. The molecule has 6 heteroatoms. The molecule has 0 saturated carbocycles. The predicted octanol–water partition coefficient (Wildman–Crippen LogP) is 0.780. The summed E-state index contributed by atoms with van der Waals surface area (Å²) in [5.41, 5.74) is 0.886. The zero-order chi connectivity index (χ0) is 14.9. The number of hydrogen-bond acceptors (Lipinski definition) is 4. The minimum Gasteiger partial charge on any atom is -0.392 e. The Morgan fingerprint density at radius 3 is 2.38 bits per heavy atom. The number of nitrogens with one attached hydrogen (secondary N) is 1. The van der Waals surface area contributed by atoms with E-state index < -0.39 is 5.54 Å². The highest BCUT2D eigenvalue weighted by Crippen LogP contribution is 2.29. The number of ether oxygens (including phenoxy) is 1. The molecule has 2 heterocycles. The van der Waals surface area contributed by atoms with Gasteiger partial charge in [0.2, 0.25) is 0 Å². The van der Waals surface area contributed by atoms with Crippen molar-refractivity contribution in [2.24, 2.45) is 0 Å². The first-order valence-electron chi connectivity index (χ1n) is 7.05. The first kappa shape index (κ1) is 14.0. The average Bonchev–Trinajstić information content (AvgIpc) is 2.73. The lowest BCUT2D eigenvalue weighted by Crippen LogP contribution is -2.51. The number of carbonyl (C=O) groups is 2. The van der Waals surface area contributed by atoms with E-state index in [0.717, 1.165) is 11.1 Å². The van der Waals surface area contributed by atoms with Gasteiger partial charge in [0.05, 0.1) is 13.2 Å². The summed E-state index contributed by atoms with van der Waals surface area (Å²) in [5.74, 6) is -0.165. The van der Waals surface area contributed by atoms with Crippen LogP contribution in [0, 0.1) is 0 Å². The van der Waals surface area contributed by atoms with Crippen LogP contribution in [0.1, 0.15) is 24.0 Å². The molecular weight excluding hydrogens is 272 g/mol. The summed E-state index contributed by atoms with van der Waals surface area (Å²) < 4.78 is 5.27. The van der Waals surface area contributed by atoms with Gasteiger partial charge in [-0.05, 0) is 11.1 Å². The van der Waals surface area contributed by atoms with Gasteiger partial charge in [0.15, 0.2) is 0 Å². The topological polar surface area (TPSA) is 78.9 Å². The van der Waals surface area contributed by atoms with Crippen LogP contribution in [0.5, 0.6) is 0 Å². The third kappa shape index (κ3) is 2.52. The molecule has 0 atom stereocenters. The Labute approximate surface area is 122 Å². The van der Waals surface area contributed by atoms with Crippen molar-refractivity contribution >= 4 is 11.9 Å². The number of rotatable bonds is 3. The summed E-state index contributed by atoms with van der Waals surface area (Å²) in [6.07, 6.45) is 1.05. The lowest BCUT2D eigenvalue weighted by molar-refractivity contribution is -0.134. The van der Waals surface area contributed by atoms with Crippen molar-refractivity contribution in [3.63, 3.8) is 0 Å². The van der Waals surface area contributed by atoms with Crippen molar-refractivity contribution in [1.82, 2.24) is 10.2 Å². The van der Waals surface area contributed by atoms with Gasteiger partial charge in [-0.1, -0.05) is 24.3 Å². The smallest absolute Gasteiger partial charge is 0.325 e. The second-order valence-corrected chi connectivity index (χ2v) is 5.49. The normalized spacial score (nSPS) is 20.9. The molecule has 0 unspecified atom stereocenters. The number of hydrogen-bond donors (Lipinski definition) is 2. The zero-order valence-electron chi connectivity index (χ0n) is 11.7. The molecule has 0 aliphatic carbocycles. The molecule has 1 aromatic carbocycles. The van der Waals surface area contributed by atoms with Crippen LogP contribution in [0.25, 0.3) is 0 Å². The number of benzene rings is 1. The third-order valence-electron chi connectivity index (χ3n) is 4.14. The zero-order valence-corrected chi connectivity index (χ0v) is 11.7. The lowest BCUT2D eigenvalue weighted by Gasteiger charge is -2.30. The minimum atomic E-state index is -0.777. The van der Waals surface area contributed by atoms with Gasteiger partial charge < -0.3 is 15.2 Å². The summed E-state index contributed by atoms with van der Waals surface area (Å²) in [6.45, 7) is 1.21. The van der Waals surface area contributed by atoms with Crippen molar-refractivity contribution in [1.29, 1.82) is 0 Å². The fraction of sp³-hybridized carbons (Fsp3) is 0.467. The molecule has 21 heavy (non-hydrogen) atoms. The fourth-order valence-electron chi connectivity index (χ4n) is 2.81. The van der Waals surface area contributed by atoms with Crippen LogP contribution < -0.4 is 5.32 Å². The van der Waals surface area contributed by atoms with Crippen molar-refractivity contribution in [3.8, 4) is 0 Å². The Hall–Kier alpha value is -1.92. The summed E-state index contributed by atoms with van der Waals surface area (Å²) in [7, 11) is 0. The lowest BCUT2D eigenvalue weighted by atomic mass is 9.90. The van der Waals surface area contributed by atoms with Gasteiger partial charge in [-0.2, -0.15) is 0 Å². The summed E-state index contributed by atoms with van der Waals surface area (Å²) in [4.78, 5) is 25.9. The number of urea groups is 1. The van der Waals surface area contributed by atoms with Gasteiger partial charge in [0.1, 0.15) is 5.54 Å². The molecule has 6 nitrogen and oxygen atoms in total. The first-order chi connectivity index (χ1) is 10.1. The van der Waals surface area contributed by atoms with Gasteiger partial charge in [-0.25, -0.2) is 4.79 Å². The van der Waals surface area contributed by atoms with Crippen LogP contribution >= 0.6 is 0 Å². The van der Waals surface area contributed by atoms with E-state index in [9.17, 15) is 9.59 Å². The van der Waals surface area contributed by atoms with E-state index in [2.05, 4.69) is 5.32 Å². The first-order valence-corrected chi connectivity index (χ1v) is 7.05. The second kappa shape index (κ2) is 5.46. The monoisotopic (exact) mass is 290 g/mol. The Morgan fingerprint density at radius 1 is 1.14 bits per heavy atom. The SMILES string of the molecule is O=C1NC2(CCOCC2)C(=O)N1Cc1ccc(CO)cc1. The highest BCUT2D eigenvalue weighted by molar-refractivity contribution is 6.07. The van der Waals surface area contributed by atoms with E-state index in [4.69, 9.17) is 9.84 Å². The maximum absolute atomic E-state index is 12.6. The van der Waals surface area contributed by atoms with Crippen LogP contribution in [-0.2, 0) is 22.7 Å². The number of aliphatic hydroxyl groups excluding tert-OH is 1. The number of amides is 3. The van der Waals surface area contributed by atoms with Crippen molar-refractivity contribution in [3.05, 3.63) is 35.4 Å². The molecule has 2 N–H and O–H groups in total. The Balaban J connectivity index is 1.75. The van der Waals surface area contributed by atoms with Gasteiger partial charge >= 0.3 is 6.03 Å². The molecule has 3 rings (SSSR count). The predicted molar refractivity (Wildman–Crippen MR) is 74.2 cm³/mol. The molecule has 1 aromatic rings. The van der Waals surface area contributed by atoms with Crippen molar-refractivity contribution in [2.75, 3.05) is 13.2 Å². The Morgan fingerprint density at radius 2 is 1.76 bits per heavy atom. The molecule has 0 aromatic heterocycles. The number of imide groups is 1. The molecule has 112 valence electrons. The second-order valence-electron chi connectivity index (χ2n) is 5.49. The Bertz CT molecular complexity index is 549. The standard InChI is InChI=1S/C15H18N2O4/c18-10-12-3-1-11(2-4-12)9-17-13(19)15(16-14(17)20)5-7-21-8-6-15/h1-4,18H,5-10H2,(H,16,20). The summed E-state index contributed by atoms with van der Waals surface area (Å²) >= 11 is 0. The van der Waals surface area contributed by atoms with Gasteiger partial charge in [-0.15, -0.1) is 0 Å². The van der Waals surface area contributed by atoms with E-state index in [0.29, 0.717) is 26.1 Å². The van der Waals surface area contributed by atoms with Gasteiger partial charge in [0, 0.05) is 26.1 Å². The quantitative estimate of drug-likeness (QED) is 0.806. The molecule has 2 saturated heterocycles. The van der Waals surface area contributed by atoms with E-state index in [-0.39, 0.29) is 25.1 Å². The van der Waals surface area contributed by atoms with Crippen molar-refractivity contribution < 1.29 is 19.4 Å². The summed E-state index contributed by atoms with van der Waals surface area (Å²) in [6, 6.07) is 6.88. The molecule has 0 radical (unpaired) electrons. The van der Waals surface area contributed by atoms with Gasteiger partial charge in [-0.3, -0.25) is 9.69 Å². The molecule has 1 spiro atoms. The van der Waals surface area contributed by atoms with E-state index in [1.54, 1.807) is 12.1 Å². The molecular formula is C15H18N2O4. The third-order valence-corrected chi connectivity index (χ3v) is 4.14. The maximum Gasteiger partial charge on any atom is 0.325 e. The molecule has 2 fully saturated rings. The van der Waals surface area contributed by atoms with Crippen LogP contribution in [-0.4, -0.2) is 40.7 Å². The van der Waals surface area contributed by atoms with E-state index >= 15 is 0 Å². The van der Waals surface area contributed by atoms with Crippen LogP contribution in [0.2, 0.25) is 0 Å². The molecule has 3 amide bonds. The fourth-order valence-corrected chi connectivity index (χ4v) is 2.81. The minimum absolute atomic E-state index is 0.0213. The highest BCUT2D eigenvalue weighted by atomic mass is 16.5. The van der Waals surface area contributed by atoms with Crippen LogP contribution in [0.4, 0.5) is 4.79 Å². The Kier molecular flexibility index (Phi) is 3.65.